The van der Waals surface area contributed by atoms with Crippen molar-refractivity contribution in [1.29, 1.82) is 0 Å². The van der Waals surface area contributed by atoms with Gasteiger partial charge in [-0.2, -0.15) is 0 Å². The van der Waals surface area contributed by atoms with E-state index < -0.39 is 0 Å². The molecule has 1 fully saturated rings. The second-order valence-corrected chi connectivity index (χ2v) is 5.08. The first-order valence-electron chi connectivity index (χ1n) is 7.02. The molecule has 1 aromatic rings. The molecular formula is C13H22N4O2. The maximum Gasteiger partial charge on any atom is 0.247 e. The van der Waals surface area contributed by atoms with E-state index >= 15 is 0 Å². The number of aliphatic hydroxyl groups is 1. The van der Waals surface area contributed by atoms with Crippen molar-refractivity contribution >= 4 is 5.91 Å². The summed E-state index contributed by atoms with van der Waals surface area (Å²) < 4.78 is 1.60. The van der Waals surface area contributed by atoms with Gasteiger partial charge in [-0.15, -0.1) is 5.10 Å². The maximum absolute atomic E-state index is 12.4. The van der Waals surface area contributed by atoms with Crippen LogP contribution in [0.5, 0.6) is 0 Å². The third-order valence-corrected chi connectivity index (χ3v) is 3.60. The van der Waals surface area contributed by atoms with Crippen LogP contribution in [0.25, 0.3) is 0 Å². The molecule has 1 saturated heterocycles. The minimum absolute atomic E-state index is 0.0488. The topological polar surface area (TPSA) is 71.2 Å². The predicted molar refractivity (Wildman–Crippen MR) is 70.6 cm³/mol. The summed E-state index contributed by atoms with van der Waals surface area (Å²) >= 11 is 0. The molecule has 1 aliphatic rings. The van der Waals surface area contributed by atoms with Gasteiger partial charge in [0.15, 0.2) is 0 Å². The minimum Gasteiger partial charge on any atom is -0.396 e. The first-order valence-corrected chi connectivity index (χ1v) is 7.02. The van der Waals surface area contributed by atoms with E-state index in [0.29, 0.717) is 6.42 Å². The van der Waals surface area contributed by atoms with E-state index in [1.807, 2.05) is 11.8 Å². The van der Waals surface area contributed by atoms with Crippen molar-refractivity contribution in [2.24, 2.45) is 0 Å². The van der Waals surface area contributed by atoms with Crippen molar-refractivity contribution in [3.8, 4) is 0 Å². The quantitative estimate of drug-likeness (QED) is 0.874. The number of aromatic nitrogens is 3. The van der Waals surface area contributed by atoms with E-state index in [-0.39, 0.29) is 18.6 Å². The molecule has 0 saturated carbocycles. The van der Waals surface area contributed by atoms with Gasteiger partial charge in [0.1, 0.15) is 6.04 Å². The number of rotatable bonds is 4. The molecule has 0 aromatic carbocycles. The lowest BCUT2D eigenvalue weighted by atomic mass is 10.2. The van der Waals surface area contributed by atoms with E-state index in [1.54, 1.807) is 10.9 Å². The van der Waals surface area contributed by atoms with E-state index in [2.05, 4.69) is 10.3 Å². The van der Waals surface area contributed by atoms with Gasteiger partial charge in [-0.05, 0) is 19.8 Å². The minimum atomic E-state index is -0.321. The summed E-state index contributed by atoms with van der Waals surface area (Å²) in [5.74, 6) is 0.113. The maximum atomic E-state index is 12.4. The van der Waals surface area contributed by atoms with Crippen LogP contribution >= 0.6 is 0 Å². The van der Waals surface area contributed by atoms with Gasteiger partial charge in [0.25, 0.3) is 0 Å². The number of hydrogen-bond donors (Lipinski definition) is 1. The van der Waals surface area contributed by atoms with Crippen LogP contribution < -0.4 is 0 Å². The zero-order chi connectivity index (χ0) is 13.7. The zero-order valence-electron chi connectivity index (χ0n) is 11.5. The molecule has 106 valence electrons. The Morgan fingerprint density at radius 1 is 1.37 bits per heavy atom. The molecule has 0 aliphatic carbocycles. The van der Waals surface area contributed by atoms with Crippen molar-refractivity contribution < 1.29 is 9.90 Å². The molecule has 6 heteroatoms. The monoisotopic (exact) mass is 266 g/mol. The highest BCUT2D eigenvalue weighted by molar-refractivity contribution is 5.80. The Bertz CT molecular complexity index is 411. The number of amides is 1. The fraction of sp³-hybridized carbons (Fsp3) is 0.769. The first-order chi connectivity index (χ1) is 9.22. The number of carbonyl (C=O) groups is 1. The van der Waals surface area contributed by atoms with Crippen molar-refractivity contribution in [2.75, 3.05) is 19.7 Å². The van der Waals surface area contributed by atoms with E-state index in [9.17, 15) is 4.79 Å². The molecule has 1 atom stereocenters. The number of nitrogens with zero attached hydrogens (tertiary/aromatic N) is 4. The highest BCUT2D eigenvalue weighted by Crippen LogP contribution is 2.15. The first kappa shape index (κ1) is 14.0. The van der Waals surface area contributed by atoms with Crippen LogP contribution in [0.1, 0.15) is 44.3 Å². The lowest BCUT2D eigenvalue weighted by Crippen LogP contribution is -2.37. The van der Waals surface area contributed by atoms with Crippen LogP contribution in [-0.4, -0.2) is 50.6 Å². The molecule has 1 aliphatic heterocycles. The standard InChI is InChI=1S/C13H22N4O2/c1-11(17-10-12(6-9-18)14-15-17)13(19)16-7-4-2-3-5-8-16/h10-11,18H,2-9H2,1H3. The van der Waals surface area contributed by atoms with Crippen molar-refractivity contribution in [3.05, 3.63) is 11.9 Å². The third-order valence-electron chi connectivity index (χ3n) is 3.60. The van der Waals surface area contributed by atoms with Gasteiger partial charge in [-0.25, -0.2) is 4.68 Å². The molecule has 0 bridgehead atoms. The van der Waals surface area contributed by atoms with Gasteiger partial charge in [0.05, 0.1) is 5.69 Å². The van der Waals surface area contributed by atoms with Gasteiger partial charge >= 0.3 is 0 Å². The number of aliphatic hydroxyl groups excluding tert-OH is 1. The third kappa shape index (κ3) is 3.53. The summed E-state index contributed by atoms with van der Waals surface area (Å²) in [7, 11) is 0. The summed E-state index contributed by atoms with van der Waals surface area (Å²) in [6, 6.07) is -0.321. The summed E-state index contributed by atoms with van der Waals surface area (Å²) in [6.07, 6.45) is 6.82. The van der Waals surface area contributed by atoms with Crippen LogP contribution in [0.3, 0.4) is 0 Å². The summed E-state index contributed by atoms with van der Waals surface area (Å²) in [5.41, 5.74) is 0.720. The summed E-state index contributed by atoms with van der Waals surface area (Å²) in [4.78, 5) is 14.3. The second-order valence-electron chi connectivity index (χ2n) is 5.08. The number of carbonyl (C=O) groups excluding carboxylic acids is 1. The Labute approximate surface area is 113 Å². The average molecular weight is 266 g/mol. The fourth-order valence-corrected chi connectivity index (χ4v) is 2.40. The second kappa shape index (κ2) is 6.65. The fourth-order valence-electron chi connectivity index (χ4n) is 2.40. The van der Waals surface area contributed by atoms with Gasteiger partial charge in [0.2, 0.25) is 5.91 Å². The lowest BCUT2D eigenvalue weighted by molar-refractivity contribution is -0.134. The van der Waals surface area contributed by atoms with Crippen LogP contribution in [0.2, 0.25) is 0 Å². The van der Waals surface area contributed by atoms with Gasteiger partial charge in [0, 0.05) is 32.3 Å². The molecule has 0 spiro atoms. The van der Waals surface area contributed by atoms with Crippen LogP contribution in [0.4, 0.5) is 0 Å². The van der Waals surface area contributed by atoms with Gasteiger partial charge in [-0.1, -0.05) is 18.1 Å². The molecule has 2 heterocycles. The van der Waals surface area contributed by atoms with E-state index in [1.165, 1.54) is 12.8 Å². The van der Waals surface area contributed by atoms with Gasteiger partial charge in [-0.3, -0.25) is 4.79 Å². The van der Waals surface area contributed by atoms with Crippen molar-refractivity contribution in [2.45, 2.75) is 45.1 Å². The lowest BCUT2D eigenvalue weighted by Gasteiger charge is -2.23. The molecule has 1 unspecified atom stereocenters. The van der Waals surface area contributed by atoms with Crippen molar-refractivity contribution in [3.63, 3.8) is 0 Å². The highest BCUT2D eigenvalue weighted by atomic mass is 16.3. The van der Waals surface area contributed by atoms with Crippen LogP contribution in [-0.2, 0) is 11.2 Å². The molecule has 19 heavy (non-hydrogen) atoms. The molecule has 6 nitrogen and oxygen atoms in total. The summed E-state index contributed by atoms with van der Waals surface area (Å²) in [6.45, 7) is 3.60. The Hall–Kier alpha value is -1.43. The summed E-state index contributed by atoms with van der Waals surface area (Å²) in [5, 5.41) is 16.8. The largest absolute Gasteiger partial charge is 0.396 e. The Kier molecular flexibility index (Phi) is 4.90. The molecule has 1 N–H and O–H groups in total. The molecule has 1 amide bonds. The van der Waals surface area contributed by atoms with Crippen molar-refractivity contribution in [1.82, 2.24) is 19.9 Å². The Morgan fingerprint density at radius 2 is 2.05 bits per heavy atom. The molecule has 0 radical (unpaired) electrons. The van der Waals surface area contributed by atoms with Gasteiger partial charge < -0.3 is 10.0 Å². The Morgan fingerprint density at radius 3 is 2.68 bits per heavy atom. The van der Waals surface area contributed by atoms with Crippen LogP contribution in [0, 0.1) is 0 Å². The van der Waals surface area contributed by atoms with E-state index in [0.717, 1.165) is 31.6 Å². The zero-order valence-corrected chi connectivity index (χ0v) is 11.5. The normalized spacial score (nSPS) is 18.1. The smallest absolute Gasteiger partial charge is 0.247 e. The van der Waals surface area contributed by atoms with E-state index in [4.69, 9.17) is 5.11 Å². The molecular weight excluding hydrogens is 244 g/mol. The average Bonchev–Trinajstić information content (AvgIpc) is 2.72. The Balaban J connectivity index is 2.00. The molecule has 1 aromatic heterocycles. The molecule has 2 rings (SSSR count). The van der Waals surface area contributed by atoms with Crippen LogP contribution in [0.15, 0.2) is 6.20 Å². The highest BCUT2D eigenvalue weighted by Gasteiger charge is 2.23. The predicted octanol–water partition coefficient (Wildman–Crippen LogP) is 0.776. The SMILES string of the molecule is CC(C(=O)N1CCCCCC1)n1cc(CCO)nn1. The number of likely N-dealkylation sites (tertiary alicyclic amines) is 1. The number of hydrogen-bond acceptors (Lipinski definition) is 4.